The lowest BCUT2D eigenvalue weighted by Gasteiger charge is -2.14. The summed E-state index contributed by atoms with van der Waals surface area (Å²) in [6.45, 7) is 0.440. The first kappa shape index (κ1) is 26.0. The van der Waals surface area contributed by atoms with Crippen LogP contribution in [-0.4, -0.2) is 37.6 Å². The number of aliphatic carboxylic acids is 1. The number of carbonyl (C=O) groups excluding carboxylic acids is 1. The van der Waals surface area contributed by atoms with E-state index in [-0.39, 0.29) is 12.1 Å². The number of carboxylic acid groups (broad SMARTS) is 1. The highest BCUT2D eigenvalue weighted by Gasteiger charge is 2.23. The second-order valence-corrected chi connectivity index (χ2v) is 9.86. The van der Waals surface area contributed by atoms with Gasteiger partial charge >= 0.3 is 5.97 Å². The van der Waals surface area contributed by atoms with Crippen LogP contribution in [0.1, 0.15) is 27.2 Å². The quantitative estimate of drug-likeness (QED) is 0.227. The number of hydrogen-bond acceptors (Lipinski definition) is 6. The zero-order chi connectivity index (χ0) is 27.0. The number of carbonyl (C=O) groups is 2. The summed E-state index contributed by atoms with van der Waals surface area (Å²) in [5.41, 5.74) is 3.60. The predicted molar refractivity (Wildman–Crippen MR) is 149 cm³/mol. The third-order valence-corrected chi connectivity index (χ3v) is 6.96. The molecule has 1 amide bonds. The van der Waals surface area contributed by atoms with Crippen molar-refractivity contribution in [3.8, 4) is 5.75 Å². The molecule has 39 heavy (non-hydrogen) atoms. The van der Waals surface area contributed by atoms with E-state index in [0.29, 0.717) is 18.0 Å². The topological polar surface area (TPSA) is 106 Å². The maximum absolute atomic E-state index is 12.9. The fourth-order valence-electron chi connectivity index (χ4n) is 3.91. The van der Waals surface area contributed by atoms with Crippen LogP contribution < -0.4 is 10.1 Å². The highest BCUT2D eigenvalue weighted by molar-refractivity contribution is 7.98. The number of nitrogens with zero attached hydrogens (tertiary/aromatic N) is 3. The molecule has 5 rings (SSSR count). The molecule has 0 radical (unpaired) electrons. The molecule has 0 unspecified atom stereocenters. The average molecular weight is 539 g/mol. The Labute approximate surface area is 229 Å². The molecule has 0 saturated heterocycles. The standard InChI is InChI=1S/C30H26N4O4S/c35-29(26-18-34-27(31-26)15-16-28(33-34)39-20-23-9-5-2-6-10-23)32-25(30(36)37)17-21-11-13-24(14-12-21)38-19-22-7-3-1-4-8-22/h1-16,18,25H,17,19-20H2,(H,32,35)(H,36,37)/t25-/m0/s1. The van der Waals surface area contributed by atoms with Gasteiger partial charge in [-0.1, -0.05) is 84.6 Å². The molecular formula is C30H26N4O4S. The number of fused-ring (bicyclic) bond motifs is 1. The summed E-state index contributed by atoms with van der Waals surface area (Å²) in [5, 5.41) is 17.6. The van der Waals surface area contributed by atoms with Crippen molar-refractivity contribution in [1.29, 1.82) is 0 Å². The van der Waals surface area contributed by atoms with Crippen molar-refractivity contribution in [1.82, 2.24) is 19.9 Å². The maximum Gasteiger partial charge on any atom is 0.326 e. The van der Waals surface area contributed by atoms with Crippen LogP contribution in [-0.2, 0) is 23.6 Å². The van der Waals surface area contributed by atoms with Crippen molar-refractivity contribution in [3.63, 3.8) is 0 Å². The fraction of sp³-hybridized carbons (Fsp3) is 0.133. The highest BCUT2D eigenvalue weighted by Crippen LogP contribution is 2.21. The highest BCUT2D eigenvalue weighted by atomic mass is 32.2. The number of aromatic nitrogens is 3. The molecule has 8 nitrogen and oxygen atoms in total. The van der Waals surface area contributed by atoms with E-state index in [4.69, 9.17) is 4.74 Å². The van der Waals surface area contributed by atoms with E-state index in [1.165, 1.54) is 16.3 Å². The van der Waals surface area contributed by atoms with Gasteiger partial charge in [0.2, 0.25) is 0 Å². The summed E-state index contributed by atoms with van der Waals surface area (Å²) in [6.07, 6.45) is 1.63. The molecule has 2 heterocycles. The van der Waals surface area contributed by atoms with E-state index in [1.54, 1.807) is 42.1 Å². The summed E-state index contributed by atoms with van der Waals surface area (Å²) in [5.74, 6) is -0.262. The Morgan fingerprint density at radius 1 is 0.872 bits per heavy atom. The Bertz CT molecular complexity index is 1560. The summed E-state index contributed by atoms with van der Waals surface area (Å²) in [7, 11) is 0. The molecule has 0 spiro atoms. The molecule has 0 aliphatic heterocycles. The van der Waals surface area contributed by atoms with E-state index >= 15 is 0 Å². The first-order valence-corrected chi connectivity index (χ1v) is 13.3. The van der Waals surface area contributed by atoms with Crippen molar-refractivity contribution < 1.29 is 19.4 Å². The number of ether oxygens (including phenoxy) is 1. The largest absolute Gasteiger partial charge is 0.489 e. The van der Waals surface area contributed by atoms with E-state index < -0.39 is 17.9 Å². The van der Waals surface area contributed by atoms with Crippen molar-refractivity contribution in [2.75, 3.05) is 0 Å². The minimum Gasteiger partial charge on any atom is -0.489 e. The SMILES string of the molecule is O=C(N[C@@H](Cc1ccc(OCc2ccccc2)cc1)C(=O)O)c1cn2nc(SCc3ccccc3)ccc2n1. The normalized spacial score (nSPS) is 11.7. The van der Waals surface area contributed by atoms with Crippen molar-refractivity contribution in [2.45, 2.75) is 29.8 Å². The second kappa shape index (κ2) is 12.3. The average Bonchev–Trinajstić information content (AvgIpc) is 3.40. The van der Waals surface area contributed by atoms with Crippen LogP contribution in [0.5, 0.6) is 5.75 Å². The molecule has 0 fully saturated rings. The van der Waals surface area contributed by atoms with Crippen LogP contribution in [0.4, 0.5) is 0 Å². The molecule has 1 atom stereocenters. The van der Waals surface area contributed by atoms with Gasteiger partial charge in [-0.15, -0.1) is 0 Å². The zero-order valence-corrected chi connectivity index (χ0v) is 21.8. The molecule has 0 saturated carbocycles. The summed E-state index contributed by atoms with van der Waals surface area (Å²) < 4.78 is 7.33. The number of nitrogens with one attached hydrogen (secondary N) is 1. The zero-order valence-electron chi connectivity index (χ0n) is 20.9. The molecule has 2 aromatic heterocycles. The van der Waals surface area contributed by atoms with Gasteiger partial charge in [0, 0.05) is 12.2 Å². The molecule has 0 bridgehead atoms. The first-order chi connectivity index (χ1) is 19.0. The molecule has 9 heteroatoms. The molecule has 0 aliphatic rings. The van der Waals surface area contributed by atoms with E-state index in [9.17, 15) is 14.7 Å². The molecule has 3 aromatic carbocycles. The van der Waals surface area contributed by atoms with Crippen LogP contribution in [0.2, 0.25) is 0 Å². The van der Waals surface area contributed by atoms with Crippen LogP contribution in [0.3, 0.4) is 0 Å². The summed E-state index contributed by atoms with van der Waals surface area (Å²) >= 11 is 1.58. The molecule has 196 valence electrons. The minimum absolute atomic E-state index is 0.101. The van der Waals surface area contributed by atoms with Crippen LogP contribution in [0, 0.1) is 0 Å². The number of hydrogen-bond donors (Lipinski definition) is 2. The van der Waals surface area contributed by atoms with Gasteiger partial charge in [-0.05, 0) is 41.0 Å². The fourth-order valence-corrected chi connectivity index (χ4v) is 4.73. The Morgan fingerprint density at radius 3 is 2.26 bits per heavy atom. The van der Waals surface area contributed by atoms with Gasteiger partial charge in [0.25, 0.3) is 5.91 Å². The Hall–Kier alpha value is -4.63. The predicted octanol–water partition coefficient (Wildman–Crippen LogP) is 5.03. The molecular weight excluding hydrogens is 512 g/mol. The lowest BCUT2D eigenvalue weighted by Crippen LogP contribution is -2.42. The number of carboxylic acids is 1. The first-order valence-electron chi connectivity index (χ1n) is 12.4. The number of benzene rings is 3. The Morgan fingerprint density at radius 2 is 1.56 bits per heavy atom. The van der Waals surface area contributed by atoms with Gasteiger partial charge < -0.3 is 15.2 Å². The van der Waals surface area contributed by atoms with Gasteiger partial charge in [-0.3, -0.25) is 4.79 Å². The Kier molecular flexibility index (Phi) is 8.18. The minimum atomic E-state index is -1.13. The lowest BCUT2D eigenvalue weighted by atomic mass is 10.1. The molecule has 2 N–H and O–H groups in total. The second-order valence-electron chi connectivity index (χ2n) is 8.86. The van der Waals surface area contributed by atoms with Crippen LogP contribution in [0.15, 0.2) is 108 Å². The van der Waals surface area contributed by atoms with Crippen LogP contribution in [0.25, 0.3) is 5.65 Å². The third kappa shape index (κ3) is 7.03. The van der Waals surface area contributed by atoms with Crippen molar-refractivity contribution in [3.05, 3.63) is 126 Å². The summed E-state index contributed by atoms with van der Waals surface area (Å²) in [4.78, 5) is 29.1. The van der Waals surface area contributed by atoms with E-state index in [0.717, 1.165) is 21.9 Å². The van der Waals surface area contributed by atoms with Gasteiger partial charge in [-0.2, -0.15) is 5.10 Å². The third-order valence-electron chi connectivity index (χ3n) is 5.97. The lowest BCUT2D eigenvalue weighted by molar-refractivity contribution is -0.139. The van der Waals surface area contributed by atoms with E-state index in [1.807, 2.05) is 54.6 Å². The number of amides is 1. The van der Waals surface area contributed by atoms with Gasteiger partial charge in [0.15, 0.2) is 5.65 Å². The van der Waals surface area contributed by atoms with Crippen molar-refractivity contribution >= 4 is 29.3 Å². The molecule has 5 aromatic rings. The van der Waals surface area contributed by atoms with E-state index in [2.05, 4.69) is 27.5 Å². The Balaban J connectivity index is 1.19. The smallest absolute Gasteiger partial charge is 0.326 e. The van der Waals surface area contributed by atoms with Crippen molar-refractivity contribution in [2.24, 2.45) is 0 Å². The van der Waals surface area contributed by atoms with Gasteiger partial charge in [0.1, 0.15) is 29.1 Å². The maximum atomic E-state index is 12.9. The molecule has 0 aliphatic carbocycles. The monoisotopic (exact) mass is 538 g/mol. The number of imidazole rings is 1. The van der Waals surface area contributed by atoms with Gasteiger partial charge in [0.05, 0.1) is 6.20 Å². The number of thioether (sulfide) groups is 1. The van der Waals surface area contributed by atoms with Crippen LogP contribution >= 0.6 is 11.8 Å². The van der Waals surface area contributed by atoms with Gasteiger partial charge in [-0.25, -0.2) is 14.3 Å². The number of rotatable bonds is 11. The summed E-state index contributed by atoms with van der Waals surface area (Å²) in [6, 6.07) is 29.6.